The highest BCUT2D eigenvalue weighted by atomic mass is 19.4. The summed E-state index contributed by atoms with van der Waals surface area (Å²) in [5, 5.41) is 8.59. The van der Waals surface area contributed by atoms with E-state index in [1.165, 1.54) is 30.2 Å². The summed E-state index contributed by atoms with van der Waals surface area (Å²) in [6.07, 6.45) is -3.13. The zero-order valence-electron chi connectivity index (χ0n) is 19.0. The average molecular weight is 499 g/mol. The van der Waals surface area contributed by atoms with Crippen molar-refractivity contribution in [2.24, 2.45) is 0 Å². The summed E-state index contributed by atoms with van der Waals surface area (Å²) in [4.78, 5) is 27.3. The number of halogens is 3. The highest BCUT2D eigenvalue weighted by Gasteiger charge is 2.32. The number of ether oxygens (including phenoxy) is 1. The molecule has 0 saturated carbocycles. The molecule has 4 aromatic rings. The fraction of sp³-hybridized carbons (Fsp3) is 0.280. The number of benzene rings is 2. The van der Waals surface area contributed by atoms with Gasteiger partial charge < -0.3 is 18.5 Å². The molecule has 2 aromatic heterocycles. The number of carbonyl (C=O) groups is 1. The fourth-order valence-corrected chi connectivity index (χ4v) is 4.28. The first kappa shape index (κ1) is 23.6. The molecular weight excluding hydrogens is 479 g/mol. The molecule has 3 heterocycles. The van der Waals surface area contributed by atoms with E-state index in [1.807, 2.05) is 0 Å². The van der Waals surface area contributed by atoms with E-state index >= 15 is 0 Å². The Labute approximate surface area is 202 Å². The minimum Gasteiger partial charge on any atom is -0.493 e. The van der Waals surface area contributed by atoms with Crippen LogP contribution in [0.15, 0.2) is 62.2 Å². The molecule has 1 aliphatic rings. The molecule has 1 saturated heterocycles. The summed E-state index contributed by atoms with van der Waals surface area (Å²) in [5.41, 5.74) is -1.01. The molecule has 0 spiro atoms. The van der Waals surface area contributed by atoms with Crippen LogP contribution in [-0.2, 0) is 6.18 Å². The van der Waals surface area contributed by atoms with Gasteiger partial charge in [0.25, 0.3) is 5.91 Å². The predicted octanol–water partition coefficient (Wildman–Crippen LogP) is 4.89. The summed E-state index contributed by atoms with van der Waals surface area (Å²) in [7, 11) is 1.46. The van der Waals surface area contributed by atoms with Crippen LogP contribution in [0.25, 0.3) is 22.4 Å². The van der Waals surface area contributed by atoms with E-state index in [4.69, 9.17) is 13.6 Å². The van der Waals surface area contributed by atoms with Gasteiger partial charge in [-0.15, -0.1) is 10.2 Å². The van der Waals surface area contributed by atoms with Crippen molar-refractivity contribution in [1.29, 1.82) is 0 Å². The van der Waals surface area contributed by atoms with Gasteiger partial charge in [-0.25, -0.2) is 4.79 Å². The van der Waals surface area contributed by atoms with E-state index in [0.717, 1.165) is 12.1 Å². The number of carbonyl (C=O) groups excluding carboxylic acids is 1. The zero-order valence-corrected chi connectivity index (χ0v) is 19.0. The van der Waals surface area contributed by atoms with E-state index in [0.29, 0.717) is 36.1 Å². The maximum atomic E-state index is 13.2. The summed E-state index contributed by atoms with van der Waals surface area (Å²) in [6.45, 7) is 0.674. The maximum Gasteiger partial charge on any atom is 0.416 e. The monoisotopic (exact) mass is 499 g/mol. The lowest BCUT2D eigenvalue weighted by molar-refractivity contribution is -0.137. The number of hydrogen-bond donors (Lipinski definition) is 0. The van der Waals surface area contributed by atoms with Crippen molar-refractivity contribution in [3.8, 4) is 17.2 Å². The topological polar surface area (TPSA) is 98.7 Å². The lowest BCUT2D eigenvalue weighted by Gasteiger charge is -2.30. The van der Waals surface area contributed by atoms with Crippen molar-refractivity contribution in [2.75, 3.05) is 20.2 Å². The lowest BCUT2D eigenvalue weighted by Crippen LogP contribution is -2.40. The minimum atomic E-state index is -4.44. The molecule has 0 radical (unpaired) electrons. The molecule has 186 valence electrons. The first-order valence-corrected chi connectivity index (χ1v) is 11.2. The van der Waals surface area contributed by atoms with Crippen LogP contribution in [0.3, 0.4) is 0 Å². The summed E-state index contributed by atoms with van der Waals surface area (Å²) in [5.74, 6) is -0.00232. The smallest absolute Gasteiger partial charge is 0.416 e. The van der Waals surface area contributed by atoms with Gasteiger partial charge in [0.1, 0.15) is 5.56 Å². The fourth-order valence-electron chi connectivity index (χ4n) is 4.28. The molecule has 5 rings (SSSR count). The van der Waals surface area contributed by atoms with Crippen LogP contribution in [0.4, 0.5) is 13.2 Å². The van der Waals surface area contributed by atoms with Crippen LogP contribution < -0.4 is 10.4 Å². The van der Waals surface area contributed by atoms with E-state index in [-0.39, 0.29) is 35.4 Å². The highest BCUT2D eigenvalue weighted by Crippen LogP contribution is 2.32. The highest BCUT2D eigenvalue weighted by molar-refractivity contribution is 5.97. The second-order valence-electron chi connectivity index (χ2n) is 8.44. The molecule has 1 aliphatic heterocycles. The maximum absolute atomic E-state index is 13.2. The van der Waals surface area contributed by atoms with Crippen LogP contribution in [0.2, 0.25) is 0 Å². The molecule has 36 heavy (non-hydrogen) atoms. The molecule has 0 N–H and O–H groups in total. The Bertz CT molecular complexity index is 1480. The van der Waals surface area contributed by atoms with Crippen molar-refractivity contribution in [3.05, 3.63) is 76.0 Å². The van der Waals surface area contributed by atoms with Gasteiger partial charge in [-0.05, 0) is 49.2 Å². The Morgan fingerprint density at radius 3 is 2.61 bits per heavy atom. The van der Waals surface area contributed by atoms with Gasteiger partial charge in [-0.2, -0.15) is 13.2 Å². The number of aromatic nitrogens is 2. The summed E-state index contributed by atoms with van der Waals surface area (Å²) < 4.78 is 54.8. The summed E-state index contributed by atoms with van der Waals surface area (Å²) >= 11 is 0. The Morgan fingerprint density at radius 1 is 1.11 bits per heavy atom. The predicted molar refractivity (Wildman–Crippen MR) is 122 cm³/mol. The lowest BCUT2D eigenvalue weighted by atomic mass is 9.97. The van der Waals surface area contributed by atoms with Crippen LogP contribution in [0, 0.1) is 0 Å². The van der Waals surface area contributed by atoms with Crippen LogP contribution in [0.1, 0.15) is 40.6 Å². The standard InChI is InChI=1S/C25H20F3N3O5/c1-34-19-6-2-4-15-12-18(24(33)35-20(15)19)23(32)31-11-3-5-16(13-31)22-30-29-21(36-22)14-7-9-17(10-8-14)25(26,27)28/h2,4,6-10,12,16H,3,5,11,13H2,1H3. The van der Waals surface area contributed by atoms with Gasteiger partial charge in [0.05, 0.1) is 18.6 Å². The van der Waals surface area contributed by atoms with E-state index in [2.05, 4.69) is 10.2 Å². The number of methoxy groups -OCH3 is 1. The number of hydrogen-bond acceptors (Lipinski definition) is 7. The van der Waals surface area contributed by atoms with Crippen LogP contribution >= 0.6 is 0 Å². The van der Waals surface area contributed by atoms with Gasteiger partial charge >= 0.3 is 11.8 Å². The number of likely N-dealkylation sites (tertiary alicyclic amines) is 1. The molecular formula is C25H20F3N3O5. The quantitative estimate of drug-likeness (QED) is 0.369. The largest absolute Gasteiger partial charge is 0.493 e. The molecule has 1 unspecified atom stereocenters. The first-order chi connectivity index (χ1) is 17.2. The van der Waals surface area contributed by atoms with Crippen molar-refractivity contribution in [1.82, 2.24) is 15.1 Å². The number of para-hydroxylation sites is 1. The molecule has 1 atom stereocenters. The summed E-state index contributed by atoms with van der Waals surface area (Å²) in [6, 6.07) is 11.0. The Hall–Kier alpha value is -4.15. The number of piperidine rings is 1. The Kier molecular flexibility index (Phi) is 5.99. The van der Waals surface area contributed by atoms with Crippen LogP contribution in [0.5, 0.6) is 5.75 Å². The number of nitrogens with zero attached hydrogens (tertiary/aromatic N) is 3. The van der Waals surface area contributed by atoms with Gasteiger partial charge in [-0.1, -0.05) is 12.1 Å². The molecule has 0 bridgehead atoms. The molecule has 0 aliphatic carbocycles. The molecule has 11 heteroatoms. The molecule has 2 aromatic carbocycles. The third-order valence-corrected chi connectivity index (χ3v) is 6.13. The van der Waals surface area contributed by atoms with E-state index in [1.54, 1.807) is 18.2 Å². The number of amides is 1. The second-order valence-corrected chi connectivity index (χ2v) is 8.44. The molecule has 1 amide bonds. The SMILES string of the molecule is COc1cccc2cc(C(=O)N3CCCC(c4nnc(-c5ccc(C(F)(F)F)cc5)o4)C3)c(=O)oc12. The van der Waals surface area contributed by atoms with Crippen molar-refractivity contribution in [2.45, 2.75) is 24.9 Å². The molecule has 1 fully saturated rings. The normalized spacial score (nSPS) is 16.3. The average Bonchev–Trinajstić information content (AvgIpc) is 3.38. The Morgan fingerprint density at radius 2 is 1.89 bits per heavy atom. The first-order valence-electron chi connectivity index (χ1n) is 11.2. The van der Waals surface area contributed by atoms with E-state index in [9.17, 15) is 22.8 Å². The minimum absolute atomic E-state index is 0.0892. The third-order valence-electron chi connectivity index (χ3n) is 6.13. The zero-order chi connectivity index (χ0) is 25.4. The van der Waals surface area contributed by atoms with E-state index < -0.39 is 23.3 Å². The van der Waals surface area contributed by atoms with Gasteiger partial charge in [0, 0.05) is 24.0 Å². The van der Waals surface area contributed by atoms with Crippen molar-refractivity contribution >= 4 is 16.9 Å². The van der Waals surface area contributed by atoms with Gasteiger partial charge in [0.2, 0.25) is 11.8 Å². The number of fused-ring (bicyclic) bond motifs is 1. The number of alkyl halides is 3. The second kappa shape index (κ2) is 9.14. The van der Waals surface area contributed by atoms with Crippen LogP contribution in [-0.4, -0.2) is 41.2 Å². The van der Waals surface area contributed by atoms with Gasteiger partial charge in [-0.3, -0.25) is 4.79 Å². The van der Waals surface area contributed by atoms with Crippen molar-refractivity contribution < 1.29 is 31.5 Å². The number of rotatable bonds is 4. The Balaban J connectivity index is 1.35. The third kappa shape index (κ3) is 4.43. The van der Waals surface area contributed by atoms with Gasteiger partial charge in [0.15, 0.2) is 11.3 Å². The molecule has 8 nitrogen and oxygen atoms in total. The van der Waals surface area contributed by atoms with Crippen molar-refractivity contribution in [3.63, 3.8) is 0 Å².